The molecule has 8 heteroatoms. The number of piperidine rings is 1. The van der Waals surface area contributed by atoms with Crippen LogP contribution in [0.3, 0.4) is 0 Å². The van der Waals surface area contributed by atoms with Gasteiger partial charge in [0.2, 0.25) is 0 Å². The molecule has 2 N–H and O–H groups in total. The minimum absolute atomic E-state index is 0.0556. The zero-order valence-corrected chi connectivity index (χ0v) is 15.3. The number of likely N-dealkylation sites (tertiary alicyclic amines) is 1. The number of carbonyl (C=O) groups is 3. The third-order valence-electron chi connectivity index (χ3n) is 3.86. The number of nitrogens with one attached hydrogen (secondary N) is 1. The highest BCUT2D eigenvalue weighted by Gasteiger charge is 2.42. The zero-order valence-electron chi connectivity index (χ0n) is 15.3. The fourth-order valence-electron chi connectivity index (χ4n) is 2.43. The zero-order chi connectivity index (χ0) is 19.3. The highest BCUT2D eigenvalue weighted by atomic mass is 16.6. The van der Waals surface area contributed by atoms with Crippen molar-refractivity contribution in [2.45, 2.75) is 57.3 Å². The Morgan fingerprint density at radius 2 is 1.88 bits per heavy atom. The predicted octanol–water partition coefficient (Wildman–Crippen LogP) is 0.982. The molecule has 0 aromatic carbocycles. The topological polar surface area (TPSA) is 105 Å². The molecule has 0 unspecified atom stereocenters. The quantitative estimate of drug-likeness (QED) is 0.562. The van der Waals surface area contributed by atoms with Crippen LogP contribution < -0.4 is 5.32 Å². The molecule has 0 bridgehead atoms. The van der Waals surface area contributed by atoms with Gasteiger partial charge in [-0.05, 0) is 27.2 Å². The lowest BCUT2D eigenvalue weighted by Gasteiger charge is -2.38. The molecular formula is C17H28N2O6. The Balaban J connectivity index is 2.65. The molecule has 1 aliphatic rings. The van der Waals surface area contributed by atoms with Gasteiger partial charge in [-0.25, -0.2) is 9.59 Å². The minimum Gasteiger partial charge on any atom is -0.467 e. The number of aliphatic hydroxyl groups is 1. The van der Waals surface area contributed by atoms with Gasteiger partial charge in [-0.3, -0.25) is 4.79 Å². The van der Waals surface area contributed by atoms with E-state index in [1.165, 1.54) is 18.1 Å². The van der Waals surface area contributed by atoms with E-state index in [1.54, 1.807) is 20.8 Å². The van der Waals surface area contributed by atoms with Gasteiger partial charge in [-0.15, -0.1) is 6.58 Å². The second-order valence-electron chi connectivity index (χ2n) is 7.07. The maximum atomic E-state index is 12.4. The van der Waals surface area contributed by atoms with Gasteiger partial charge in [-0.1, -0.05) is 6.08 Å². The lowest BCUT2D eigenvalue weighted by atomic mass is 9.90. The van der Waals surface area contributed by atoms with Crippen LogP contribution in [0.15, 0.2) is 12.7 Å². The molecule has 1 rings (SSSR count). The summed E-state index contributed by atoms with van der Waals surface area (Å²) in [5.41, 5.74) is -2.26. The SMILES string of the molecule is C=CC[C@H](NC(=O)C1(O)CCN(C(=O)OC(C)(C)C)CC1)C(=O)OC. The van der Waals surface area contributed by atoms with Gasteiger partial charge >= 0.3 is 12.1 Å². The average molecular weight is 356 g/mol. The van der Waals surface area contributed by atoms with Crippen molar-refractivity contribution < 1.29 is 29.0 Å². The molecule has 0 saturated carbocycles. The normalized spacial score (nSPS) is 18.0. The van der Waals surface area contributed by atoms with Crippen LogP contribution in [0.1, 0.15) is 40.0 Å². The third kappa shape index (κ3) is 6.04. The largest absolute Gasteiger partial charge is 0.467 e. The molecule has 0 aromatic heterocycles. The molecule has 1 aliphatic heterocycles. The molecule has 142 valence electrons. The standard InChI is InChI=1S/C17H28N2O6/c1-6-7-12(13(20)24-5)18-14(21)17(23)8-10-19(11-9-17)15(22)25-16(2,3)4/h6,12,23H,1,7-11H2,2-5H3,(H,18,21)/t12-/m0/s1. The number of amides is 2. The number of nitrogens with zero attached hydrogens (tertiary/aromatic N) is 1. The van der Waals surface area contributed by atoms with Gasteiger partial charge in [0.1, 0.15) is 17.2 Å². The molecule has 2 amide bonds. The number of methoxy groups -OCH3 is 1. The van der Waals surface area contributed by atoms with Crippen LogP contribution in [0.25, 0.3) is 0 Å². The number of carbonyl (C=O) groups excluding carboxylic acids is 3. The van der Waals surface area contributed by atoms with Gasteiger partial charge < -0.3 is 24.8 Å². The first-order valence-electron chi connectivity index (χ1n) is 8.22. The van der Waals surface area contributed by atoms with E-state index in [1.807, 2.05) is 0 Å². The lowest BCUT2D eigenvalue weighted by Crippen LogP contribution is -2.57. The fourth-order valence-corrected chi connectivity index (χ4v) is 2.43. The van der Waals surface area contributed by atoms with Crippen LogP contribution in [-0.4, -0.2) is 65.4 Å². The smallest absolute Gasteiger partial charge is 0.410 e. The second-order valence-corrected chi connectivity index (χ2v) is 7.07. The Hall–Kier alpha value is -2.09. The average Bonchev–Trinajstić information content (AvgIpc) is 2.52. The van der Waals surface area contributed by atoms with Gasteiger partial charge in [0.25, 0.3) is 5.91 Å². The van der Waals surface area contributed by atoms with Crippen molar-refractivity contribution in [2.75, 3.05) is 20.2 Å². The van der Waals surface area contributed by atoms with Crippen molar-refractivity contribution in [1.29, 1.82) is 0 Å². The van der Waals surface area contributed by atoms with Crippen molar-refractivity contribution in [1.82, 2.24) is 10.2 Å². The van der Waals surface area contributed by atoms with E-state index < -0.39 is 35.2 Å². The summed E-state index contributed by atoms with van der Waals surface area (Å²) in [4.78, 5) is 37.5. The number of ether oxygens (including phenoxy) is 2. The number of esters is 1. The molecule has 1 saturated heterocycles. The van der Waals surface area contributed by atoms with Crippen molar-refractivity contribution in [2.24, 2.45) is 0 Å². The molecule has 0 aromatic rings. The van der Waals surface area contributed by atoms with Crippen molar-refractivity contribution in [3.63, 3.8) is 0 Å². The Morgan fingerprint density at radius 1 is 1.32 bits per heavy atom. The molecule has 0 radical (unpaired) electrons. The van der Waals surface area contributed by atoms with E-state index in [0.717, 1.165) is 0 Å². The Morgan fingerprint density at radius 3 is 2.32 bits per heavy atom. The third-order valence-corrected chi connectivity index (χ3v) is 3.86. The van der Waals surface area contributed by atoms with E-state index in [4.69, 9.17) is 4.74 Å². The number of hydrogen-bond donors (Lipinski definition) is 2. The van der Waals surface area contributed by atoms with Crippen LogP contribution >= 0.6 is 0 Å². The molecule has 25 heavy (non-hydrogen) atoms. The lowest BCUT2D eigenvalue weighted by molar-refractivity contribution is -0.151. The van der Waals surface area contributed by atoms with Gasteiger partial charge in [0.05, 0.1) is 7.11 Å². The van der Waals surface area contributed by atoms with Crippen LogP contribution in [-0.2, 0) is 19.1 Å². The predicted molar refractivity (Wildman–Crippen MR) is 90.8 cm³/mol. The summed E-state index contributed by atoms with van der Waals surface area (Å²) in [5, 5.41) is 13.1. The van der Waals surface area contributed by atoms with E-state index in [-0.39, 0.29) is 32.4 Å². The Bertz CT molecular complexity index is 518. The minimum atomic E-state index is -1.65. The van der Waals surface area contributed by atoms with Gasteiger partial charge in [0.15, 0.2) is 0 Å². The molecule has 1 atom stereocenters. The maximum Gasteiger partial charge on any atom is 0.410 e. The molecule has 1 heterocycles. The summed E-state index contributed by atoms with van der Waals surface area (Å²) in [6, 6.07) is -0.900. The number of rotatable bonds is 5. The highest BCUT2D eigenvalue weighted by Crippen LogP contribution is 2.24. The molecule has 8 nitrogen and oxygen atoms in total. The fraction of sp³-hybridized carbons (Fsp3) is 0.706. The monoisotopic (exact) mass is 356 g/mol. The molecule has 1 fully saturated rings. The second kappa shape index (κ2) is 8.33. The molecular weight excluding hydrogens is 328 g/mol. The van der Waals surface area contributed by atoms with Crippen molar-refractivity contribution in [3.8, 4) is 0 Å². The Labute approximate surface area is 148 Å². The molecule has 0 spiro atoms. The first kappa shape index (κ1) is 21.0. The van der Waals surface area contributed by atoms with Crippen LogP contribution in [0.2, 0.25) is 0 Å². The highest BCUT2D eigenvalue weighted by molar-refractivity contribution is 5.90. The van der Waals surface area contributed by atoms with E-state index in [0.29, 0.717) is 0 Å². The summed E-state index contributed by atoms with van der Waals surface area (Å²) in [6.07, 6.45) is 1.31. The maximum absolute atomic E-state index is 12.4. The summed E-state index contributed by atoms with van der Waals surface area (Å²) < 4.78 is 9.91. The van der Waals surface area contributed by atoms with Crippen LogP contribution in [0.4, 0.5) is 4.79 Å². The first-order chi connectivity index (χ1) is 11.5. The summed E-state index contributed by atoms with van der Waals surface area (Å²) in [7, 11) is 1.22. The Kier molecular flexibility index (Phi) is 6.98. The van der Waals surface area contributed by atoms with Gasteiger partial charge in [0, 0.05) is 25.9 Å². The first-order valence-corrected chi connectivity index (χ1v) is 8.22. The van der Waals surface area contributed by atoms with E-state index >= 15 is 0 Å². The number of hydrogen-bond acceptors (Lipinski definition) is 6. The van der Waals surface area contributed by atoms with Crippen LogP contribution in [0.5, 0.6) is 0 Å². The van der Waals surface area contributed by atoms with Gasteiger partial charge in [-0.2, -0.15) is 0 Å². The summed E-state index contributed by atoms with van der Waals surface area (Å²) in [5.74, 6) is -1.27. The summed E-state index contributed by atoms with van der Waals surface area (Å²) in [6.45, 7) is 9.21. The van der Waals surface area contributed by atoms with Crippen molar-refractivity contribution >= 4 is 18.0 Å². The summed E-state index contributed by atoms with van der Waals surface area (Å²) >= 11 is 0. The molecule has 0 aliphatic carbocycles. The van der Waals surface area contributed by atoms with E-state index in [9.17, 15) is 19.5 Å². The van der Waals surface area contributed by atoms with Crippen molar-refractivity contribution in [3.05, 3.63) is 12.7 Å². The van der Waals surface area contributed by atoms with E-state index in [2.05, 4.69) is 16.6 Å². The van der Waals surface area contributed by atoms with Crippen LogP contribution in [0, 0.1) is 0 Å².